The van der Waals surface area contributed by atoms with Crippen molar-refractivity contribution in [3.8, 4) is 0 Å². The Hall–Kier alpha value is -1.32. The first-order chi connectivity index (χ1) is 21.1. The number of hydrogen-bond acceptors (Lipinski definition) is 10. The smallest absolute Gasteiger partial charge is 0.404 e. The molecule has 6 atom stereocenters. The SMILES string of the molecule is CC1(C)[C@@H]2CC3OB([C@@H]4CCCN4C(=O)CN[C@H](O)CCCCCNC(=O)CC(CNCCN)CNCCN)O[C@@]3(C)[C@H]1C2. The van der Waals surface area contributed by atoms with Crippen LogP contribution in [0.4, 0.5) is 0 Å². The van der Waals surface area contributed by atoms with Gasteiger partial charge < -0.3 is 46.7 Å². The quantitative estimate of drug-likeness (QED) is 0.0554. The lowest BCUT2D eigenvalue weighted by Crippen LogP contribution is -2.65. The molecular formula is C31H60BN7O5. The maximum atomic E-state index is 13.2. The Morgan fingerprint density at radius 1 is 1.05 bits per heavy atom. The van der Waals surface area contributed by atoms with E-state index in [9.17, 15) is 14.7 Å². The zero-order valence-electron chi connectivity index (χ0n) is 27.5. The molecule has 3 saturated carbocycles. The van der Waals surface area contributed by atoms with E-state index in [2.05, 4.69) is 42.0 Å². The van der Waals surface area contributed by atoms with Gasteiger partial charge in [-0.15, -0.1) is 0 Å². The Labute approximate surface area is 265 Å². The maximum absolute atomic E-state index is 13.2. The number of rotatable bonds is 20. The number of unbranched alkanes of at least 4 members (excludes halogenated alkanes) is 2. The summed E-state index contributed by atoms with van der Waals surface area (Å²) in [6.45, 7) is 12.4. The topological polar surface area (TPSA) is 176 Å². The molecule has 2 heterocycles. The van der Waals surface area contributed by atoms with Crippen LogP contribution in [0, 0.1) is 23.2 Å². The number of carbonyl (C=O) groups is 2. The highest BCUT2D eigenvalue weighted by Gasteiger charge is 2.69. The van der Waals surface area contributed by atoms with Gasteiger partial charge in [-0.1, -0.05) is 20.3 Å². The van der Waals surface area contributed by atoms with Crippen molar-refractivity contribution in [3.63, 3.8) is 0 Å². The summed E-state index contributed by atoms with van der Waals surface area (Å²) < 4.78 is 13.1. The third kappa shape index (κ3) is 8.73. The molecule has 252 valence electrons. The highest BCUT2D eigenvalue weighted by molar-refractivity contribution is 6.48. The third-order valence-corrected chi connectivity index (χ3v) is 10.9. The molecule has 0 radical (unpaired) electrons. The predicted molar refractivity (Wildman–Crippen MR) is 172 cm³/mol. The number of nitrogens with two attached hydrogens (primary N) is 2. The minimum absolute atomic E-state index is 0.0131. The molecule has 44 heavy (non-hydrogen) atoms. The van der Waals surface area contributed by atoms with E-state index in [1.165, 1.54) is 6.42 Å². The molecule has 0 aromatic carbocycles. The lowest BCUT2D eigenvalue weighted by Gasteiger charge is -2.64. The number of aliphatic hydroxyl groups is 1. The monoisotopic (exact) mass is 621 g/mol. The van der Waals surface area contributed by atoms with E-state index >= 15 is 0 Å². The molecule has 2 bridgehead atoms. The van der Waals surface area contributed by atoms with Gasteiger partial charge in [-0.2, -0.15) is 0 Å². The van der Waals surface area contributed by atoms with Gasteiger partial charge in [-0.25, -0.2) is 0 Å². The fourth-order valence-corrected chi connectivity index (χ4v) is 8.09. The van der Waals surface area contributed by atoms with E-state index in [4.69, 9.17) is 20.8 Å². The number of carbonyl (C=O) groups excluding carboxylic acids is 2. The van der Waals surface area contributed by atoms with Crippen LogP contribution >= 0.6 is 0 Å². The van der Waals surface area contributed by atoms with Crippen LogP contribution in [0.25, 0.3) is 0 Å². The summed E-state index contributed by atoms with van der Waals surface area (Å²) in [4.78, 5) is 27.5. The second kappa shape index (κ2) is 16.5. The predicted octanol–water partition coefficient (Wildman–Crippen LogP) is -0.0676. The molecule has 0 spiro atoms. The van der Waals surface area contributed by atoms with Gasteiger partial charge in [0, 0.05) is 45.7 Å². The minimum atomic E-state index is -0.743. The molecule has 2 saturated heterocycles. The van der Waals surface area contributed by atoms with Crippen molar-refractivity contribution < 1.29 is 24.0 Å². The van der Waals surface area contributed by atoms with E-state index in [1.807, 2.05) is 4.90 Å². The lowest BCUT2D eigenvalue weighted by molar-refractivity contribution is -0.199. The number of nitrogens with zero attached hydrogens (tertiary/aromatic N) is 1. The summed E-state index contributed by atoms with van der Waals surface area (Å²) in [5.74, 6) is 1.33. The Morgan fingerprint density at radius 2 is 1.77 bits per heavy atom. The van der Waals surface area contributed by atoms with Crippen molar-refractivity contribution in [1.82, 2.24) is 26.2 Å². The largest absolute Gasteiger partial charge is 0.481 e. The van der Waals surface area contributed by atoms with Crippen LogP contribution in [-0.4, -0.2) is 112 Å². The van der Waals surface area contributed by atoms with Crippen LogP contribution in [0.1, 0.15) is 78.6 Å². The van der Waals surface area contributed by atoms with Gasteiger partial charge >= 0.3 is 7.12 Å². The normalized spacial score (nSPS) is 29.5. The van der Waals surface area contributed by atoms with Crippen LogP contribution in [-0.2, 0) is 18.9 Å². The fraction of sp³-hybridized carbons (Fsp3) is 0.935. The van der Waals surface area contributed by atoms with Gasteiger partial charge in [0.15, 0.2) is 0 Å². The first-order valence-corrected chi connectivity index (χ1v) is 17.2. The third-order valence-electron chi connectivity index (χ3n) is 10.9. The fourth-order valence-electron chi connectivity index (χ4n) is 8.09. The second-order valence-corrected chi connectivity index (χ2v) is 14.3. The van der Waals surface area contributed by atoms with E-state index in [0.29, 0.717) is 50.9 Å². The van der Waals surface area contributed by atoms with Crippen molar-refractivity contribution in [3.05, 3.63) is 0 Å². The molecule has 5 rings (SSSR count). The summed E-state index contributed by atoms with van der Waals surface area (Å²) in [5.41, 5.74) is 11.1. The number of aliphatic hydroxyl groups excluding tert-OH is 1. The van der Waals surface area contributed by atoms with Gasteiger partial charge in [0.25, 0.3) is 0 Å². The minimum Gasteiger partial charge on any atom is -0.404 e. The van der Waals surface area contributed by atoms with Gasteiger partial charge in [0.1, 0.15) is 6.23 Å². The van der Waals surface area contributed by atoms with Crippen LogP contribution in [0.15, 0.2) is 0 Å². The molecule has 5 aliphatic rings. The van der Waals surface area contributed by atoms with E-state index < -0.39 is 6.23 Å². The molecule has 3 aliphatic carbocycles. The zero-order valence-corrected chi connectivity index (χ0v) is 27.5. The molecule has 9 N–H and O–H groups in total. The number of likely N-dealkylation sites (tertiary alicyclic amines) is 1. The Balaban J connectivity index is 1.08. The maximum Gasteiger partial charge on any atom is 0.481 e. The highest BCUT2D eigenvalue weighted by Crippen LogP contribution is 2.65. The Kier molecular flexibility index (Phi) is 13.3. The first kappa shape index (κ1) is 35.5. The van der Waals surface area contributed by atoms with Crippen LogP contribution in [0.2, 0.25) is 0 Å². The zero-order chi connectivity index (χ0) is 31.7. The average molecular weight is 622 g/mol. The number of hydrogen-bond donors (Lipinski definition) is 7. The number of nitrogens with one attached hydrogen (secondary N) is 4. The number of amides is 2. The van der Waals surface area contributed by atoms with Gasteiger partial charge in [-0.3, -0.25) is 14.9 Å². The molecule has 2 amide bonds. The van der Waals surface area contributed by atoms with Crippen molar-refractivity contribution in [1.29, 1.82) is 0 Å². The summed E-state index contributed by atoms with van der Waals surface area (Å²) in [6, 6.07) is 0. The molecule has 0 aromatic heterocycles. The van der Waals surface area contributed by atoms with Crippen molar-refractivity contribution >= 4 is 18.9 Å². The summed E-state index contributed by atoms with van der Waals surface area (Å²) in [7, 11) is -0.372. The summed E-state index contributed by atoms with van der Waals surface area (Å²) in [5, 5.41) is 23.1. The first-order valence-electron chi connectivity index (χ1n) is 17.2. The molecular weight excluding hydrogens is 561 g/mol. The molecule has 12 nitrogen and oxygen atoms in total. The standard InChI is InChI=1S/C31H60BN7O5/c1-30(2)23-17-24(30)31(3)25(18-23)43-32(44-31)26-8-7-15-39(26)29(42)21-38-27(40)9-5-4-6-12-37-28(41)16-22(19-35-13-10-33)20-36-14-11-34/h22-27,35-36,38,40H,4-21,33-34H2,1-3H3,(H,37,41)/t23-,24-,25?,26-,27+,31-/m0/s1. The molecule has 0 aromatic rings. The lowest BCUT2D eigenvalue weighted by atomic mass is 9.43. The molecule has 2 aliphatic heterocycles. The Morgan fingerprint density at radius 3 is 2.45 bits per heavy atom. The van der Waals surface area contributed by atoms with Crippen molar-refractivity contribution in [2.75, 3.05) is 58.9 Å². The van der Waals surface area contributed by atoms with Crippen molar-refractivity contribution in [2.45, 2.75) is 102 Å². The van der Waals surface area contributed by atoms with Gasteiger partial charge in [-0.05, 0) is 88.1 Å². The highest BCUT2D eigenvalue weighted by atomic mass is 16.7. The molecule has 13 heteroatoms. The molecule has 1 unspecified atom stereocenters. The van der Waals surface area contributed by atoms with Gasteiger partial charge in [0.2, 0.25) is 11.8 Å². The van der Waals surface area contributed by atoms with E-state index in [1.54, 1.807) is 0 Å². The average Bonchev–Trinajstić information content (AvgIpc) is 3.62. The van der Waals surface area contributed by atoms with Crippen LogP contribution < -0.4 is 32.7 Å². The van der Waals surface area contributed by atoms with Crippen LogP contribution in [0.5, 0.6) is 0 Å². The second-order valence-electron chi connectivity index (χ2n) is 14.3. The van der Waals surface area contributed by atoms with E-state index in [-0.39, 0.29) is 54.5 Å². The van der Waals surface area contributed by atoms with Gasteiger partial charge in [0.05, 0.1) is 24.2 Å². The van der Waals surface area contributed by atoms with E-state index in [0.717, 1.165) is 64.7 Å². The van der Waals surface area contributed by atoms with Crippen molar-refractivity contribution in [2.24, 2.45) is 34.6 Å². The summed E-state index contributed by atoms with van der Waals surface area (Å²) >= 11 is 0. The van der Waals surface area contributed by atoms with Crippen LogP contribution in [0.3, 0.4) is 0 Å². The Bertz CT molecular complexity index is 922. The summed E-state index contributed by atoms with van der Waals surface area (Å²) in [6.07, 6.45) is 6.97. The molecule has 5 fully saturated rings.